The highest BCUT2D eigenvalue weighted by molar-refractivity contribution is 5.48. The molecular weight excluding hydrogens is 260 g/mol. The Morgan fingerprint density at radius 2 is 2.20 bits per heavy atom. The second kappa shape index (κ2) is 8.50. The van der Waals surface area contributed by atoms with Crippen LogP contribution < -0.4 is 10.1 Å². The quantitative estimate of drug-likeness (QED) is 0.428. The molecule has 0 aromatic heterocycles. The summed E-state index contributed by atoms with van der Waals surface area (Å²) in [5.74, 6) is 0.287. The van der Waals surface area contributed by atoms with Crippen molar-refractivity contribution in [2.75, 3.05) is 20.3 Å². The number of hydrogen-bond acceptors (Lipinski definition) is 5. The maximum Gasteiger partial charge on any atom is 0.310 e. The van der Waals surface area contributed by atoms with Gasteiger partial charge in [-0.2, -0.15) is 0 Å². The summed E-state index contributed by atoms with van der Waals surface area (Å²) in [5.41, 5.74) is 0.941. The van der Waals surface area contributed by atoms with E-state index in [0.717, 1.165) is 18.5 Å². The van der Waals surface area contributed by atoms with Gasteiger partial charge in [0.25, 0.3) is 0 Å². The van der Waals surface area contributed by atoms with Crippen LogP contribution >= 0.6 is 0 Å². The molecule has 1 N–H and O–H groups in total. The number of methoxy groups -OCH3 is 1. The lowest BCUT2D eigenvalue weighted by Gasteiger charge is -2.14. The number of nitrogens with zero attached hydrogens (tertiary/aromatic N) is 1. The molecule has 0 bridgehead atoms. The van der Waals surface area contributed by atoms with Gasteiger partial charge in [-0.15, -0.1) is 0 Å². The van der Waals surface area contributed by atoms with Crippen LogP contribution in [-0.4, -0.2) is 31.3 Å². The molecule has 1 unspecified atom stereocenters. The van der Waals surface area contributed by atoms with Crippen LogP contribution in [0.1, 0.15) is 25.8 Å². The SMILES string of the molecule is CCCNCc1ccc([N+](=O)[O-])c(OC(C)COC)c1. The van der Waals surface area contributed by atoms with Gasteiger partial charge in [-0.3, -0.25) is 10.1 Å². The van der Waals surface area contributed by atoms with E-state index in [1.54, 1.807) is 19.2 Å². The van der Waals surface area contributed by atoms with Gasteiger partial charge in [0.05, 0.1) is 11.5 Å². The van der Waals surface area contributed by atoms with E-state index in [1.165, 1.54) is 6.07 Å². The van der Waals surface area contributed by atoms with E-state index in [2.05, 4.69) is 12.2 Å². The van der Waals surface area contributed by atoms with Gasteiger partial charge in [-0.05, 0) is 31.5 Å². The van der Waals surface area contributed by atoms with Crippen molar-refractivity contribution in [2.45, 2.75) is 32.9 Å². The molecule has 1 aromatic rings. The molecule has 112 valence electrons. The van der Waals surface area contributed by atoms with Crippen LogP contribution in [0.25, 0.3) is 0 Å². The summed E-state index contributed by atoms with van der Waals surface area (Å²) in [7, 11) is 1.57. The number of ether oxygens (including phenoxy) is 2. The summed E-state index contributed by atoms with van der Waals surface area (Å²) in [6.07, 6.45) is 0.804. The Labute approximate surface area is 119 Å². The van der Waals surface area contributed by atoms with E-state index < -0.39 is 4.92 Å². The molecule has 0 heterocycles. The lowest BCUT2D eigenvalue weighted by molar-refractivity contribution is -0.386. The zero-order chi connectivity index (χ0) is 15.0. The summed E-state index contributed by atoms with van der Waals surface area (Å²) in [4.78, 5) is 10.6. The molecule has 0 radical (unpaired) electrons. The van der Waals surface area contributed by atoms with Crippen molar-refractivity contribution in [3.63, 3.8) is 0 Å². The summed E-state index contributed by atoms with van der Waals surface area (Å²) in [6.45, 7) is 5.86. The van der Waals surface area contributed by atoms with Crippen molar-refractivity contribution in [3.8, 4) is 5.75 Å². The Balaban J connectivity index is 2.85. The first-order valence-corrected chi connectivity index (χ1v) is 6.72. The van der Waals surface area contributed by atoms with Crippen LogP contribution in [0.2, 0.25) is 0 Å². The van der Waals surface area contributed by atoms with Crippen molar-refractivity contribution in [1.82, 2.24) is 5.32 Å². The van der Waals surface area contributed by atoms with Gasteiger partial charge >= 0.3 is 5.69 Å². The number of benzene rings is 1. The van der Waals surface area contributed by atoms with E-state index in [0.29, 0.717) is 13.2 Å². The predicted octanol–water partition coefficient (Wildman–Crippen LogP) is 2.51. The second-order valence-corrected chi connectivity index (χ2v) is 4.62. The van der Waals surface area contributed by atoms with E-state index in [-0.39, 0.29) is 17.5 Å². The van der Waals surface area contributed by atoms with Crippen LogP contribution in [-0.2, 0) is 11.3 Å². The first-order chi connectivity index (χ1) is 9.58. The minimum absolute atomic E-state index is 0.0211. The minimum Gasteiger partial charge on any atom is -0.481 e. The summed E-state index contributed by atoms with van der Waals surface area (Å²) in [6, 6.07) is 4.94. The number of rotatable bonds is 9. The third kappa shape index (κ3) is 5.14. The van der Waals surface area contributed by atoms with Crippen LogP contribution in [0.3, 0.4) is 0 Å². The Morgan fingerprint density at radius 1 is 1.45 bits per heavy atom. The molecule has 20 heavy (non-hydrogen) atoms. The summed E-state index contributed by atoms with van der Waals surface area (Å²) in [5, 5.41) is 14.3. The topological polar surface area (TPSA) is 73.6 Å². The van der Waals surface area contributed by atoms with Gasteiger partial charge in [0, 0.05) is 19.7 Å². The maximum absolute atomic E-state index is 11.0. The molecule has 0 spiro atoms. The Hall–Kier alpha value is -1.66. The molecule has 1 atom stereocenters. The third-order valence-electron chi connectivity index (χ3n) is 2.71. The number of nitro groups is 1. The molecule has 0 saturated carbocycles. The second-order valence-electron chi connectivity index (χ2n) is 4.62. The fraction of sp³-hybridized carbons (Fsp3) is 0.571. The monoisotopic (exact) mass is 282 g/mol. The minimum atomic E-state index is -0.432. The zero-order valence-corrected chi connectivity index (χ0v) is 12.2. The van der Waals surface area contributed by atoms with Crippen molar-refractivity contribution >= 4 is 5.69 Å². The Morgan fingerprint density at radius 3 is 2.80 bits per heavy atom. The molecule has 0 aliphatic rings. The molecule has 0 aliphatic heterocycles. The normalized spacial score (nSPS) is 12.2. The lowest BCUT2D eigenvalue weighted by atomic mass is 10.2. The van der Waals surface area contributed by atoms with E-state index in [4.69, 9.17) is 9.47 Å². The van der Waals surface area contributed by atoms with Gasteiger partial charge in [-0.1, -0.05) is 13.0 Å². The van der Waals surface area contributed by atoms with Gasteiger partial charge < -0.3 is 14.8 Å². The molecule has 0 fully saturated rings. The van der Waals surface area contributed by atoms with Gasteiger partial charge in [-0.25, -0.2) is 0 Å². The standard InChI is InChI=1S/C14H22N2O4/c1-4-7-15-9-12-5-6-13(16(17)18)14(8-12)20-11(2)10-19-3/h5-6,8,11,15H,4,7,9-10H2,1-3H3. The summed E-state index contributed by atoms with van der Waals surface area (Å²) < 4.78 is 10.6. The van der Waals surface area contributed by atoms with Gasteiger partial charge in [0.15, 0.2) is 5.75 Å². The van der Waals surface area contributed by atoms with Crippen LogP contribution in [0, 0.1) is 10.1 Å². The van der Waals surface area contributed by atoms with Gasteiger partial charge in [0.1, 0.15) is 6.10 Å². The smallest absolute Gasteiger partial charge is 0.310 e. The molecule has 0 saturated heterocycles. The molecular formula is C14H22N2O4. The fourth-order valence-electron chi connectivity index (χ4n) is 1.81. The lowest BCUT2D eigenvalue weighted by Crippen LogP contribution is -2.19. The molecule has 6 nitrogen and oxygen atoms in total. The molecule has 1 rings (SSSR count). The Bertz CT molecular complexity index is 437. The number of nitro benzene ring substituents is 1. The highest BCUT2D eigenvalue weighted by atomic mass is 16.6. The largest absolute Gasteiger partial charge is 0.481 e. The summed E-state index contributed by atoms with van der Waals surface area (Å²) >= 11 is 0. The highest BCUT2D eigenvalue weighted by Gasteiger charge is 2.17. The highest BCUT2D eigenvalue weighted by Crippen LogP contribution is 2.29. The molecule has 0 amide bonds. The molecule has 0 aliphatic carbocycles. The maximum atomic E-state index is 11.0. The van der Waals surface area contributed by atoms with E-state index in [9.17, 15) is 10.1 Å². The van der Waals surface area contributed by atoms with Crippen LogP contribution in [0.15, 0.2) is 18.2 Å². The molecule has 6 heteroatoms. The third-order valence-corrected chi connectivity index (χ3v) is 2.71. The zero-order valence-electron chi connectivity index (χ0n) is 12.2. The van der Waals surface area contributed by atoms with E-state index >= 15 is 0 Å². The number of nitrogens with one attached hydrogen (secondary N) is 1. The van der Waals surface area contributed by atoms with Gasteiger partial charge in [0.2, 0.25) is 0 Å². The van der Waals surface area contributed by atoms with E-state index in [1.807, 2.05) is 6.92 Å². The Kier molecular flexibility index (Phi) is 6.97. The average molecular weight is 282 g/mol. The number of hydrogen-bond donors (Lipinski definition) is 1. The first kappa shape index (κ1) is 16.4. The van der Waals surface area contributed by atoms with Crippen LogP contribution in [0.4, 0.5) is 5.69 Å². The van der Waals surface area contributed by atoms with Crippen molar-refractivity contribution in [2.24, 2.45) is 0 Å². The van der Waals surface area contributed by atoms with Crippen LogP contribution in [0.5, 0.6) is 5.75 Å². The molecule has 1 aromatic carbocycles. The van der Waals surface area contributed by atoms with Crippen molar-refractivity contribution in [1.29, 1.82) is 0 Å². The average Bonchev–Trinajstić information content (AvgIpc) is 2.39. The fourth-order valence-corrected chi connectivity index (χ4v) is 1.81. The van der Waals surface area contributed by atoms with Crippen molar-refractivity contribution in [3.05, 3.63) is 33.9 Å². The van der Waals surface area contributed by atoms with Crippen molar-refractivity contribution < 1.29 is 14.4 Å². The predicted molar refractivity (Wildman–Crippen MR) is 77.1 cm³/mol. The first-order valence-electron chi connectivity index (χ1n) is 6.72.